The highest BCUT2D eigenvalue weighted by Crippen LogP contribution is 2.36. The number of ether oxygens (including phenoxy) is 1. The summed E-state index contributed by atoms with van der Waals surface area (Å²) in [5.41, 5.74) is 0.931. The number of thiophene rings is 1. The molecule has 1 aliphatic heterocycles. The third kappa shape index (κ3) is 3.93. The SMILES string of the molecule is Cc1nc(N2CCCNCC2)c2c(C)c(C(=O)OCC(C)C)sc2n1. The van der Waals surface area contributed by atoms with Gasteiger partial charge in [0.2, 0.25) is 0 Å². The number of nitrogens with zero attached hydrogens (tertiary/aromatic N) is 3. The van der Waals surface area contributed by atoms with Crippen molar-refractivity contribution in [2.45, 2.75) is 34.1 Å². The number of aryl methyl sites for hydroxylation is 2. The number of carbonyl (C=O) groups excluding carboxylic acids is 1. The van der Waals surface area contributed by atoms with Crippen LogP contribution in [0.4, 0.5) is 5.82 Å². The maximum Gasteiger partial charge on any atom is 0.348 e. The van der Waals surface area contributed by atoms with E-state index in [0.717, 1.165) is 60.0 Å². The fraction of sp³-hybridized carbons (Fsp3) is 0.611. The lowest BCUT2D eigenvalue weighted by Crippen LogP contribution is -2.29. The van der Waals surface area contributed by atoms with Crippen LogP contribution in [0.15, 0.2) is 0 Å². The van der Waals surface area contributed by atoms with E-state index in [1.807, 2.05) is 27.7 Å². The number of rotatable bonds is 4. The van der Waals surface area contributed by atoms with Crippen molar-refractivity contribution in [1.82, 2.24) is 15.3 Å². The molecule has 0 unspecified atom stereocenters. The number of hydrogen-bond donors (Lipinski definition) is 1. The van der Waals surface area contributed by atoms with E-state index >= 15 is 0 Å². The van der Waals surface area contributed by atoms with E-state index in [0.29, 0.717) is 17.4 Å². The van der Waals surface area contributed by atoms with Crippen LogP contribution in [-0.2, 0) is 4.74 Å². The van der Waals surface area contributed by atoms with Crippen LogP contribution in [0.25, 0.3) is 10.2 Å². The largest absolute Gasteiger partial charge is 0.461 e. The monoisotopic (exact) mass is 362 g/mol. The third-order valence-electron chi connectivity index (χ3n) is 4.26. The first-order valence-electron chi connectivity index (χ1n) is 8.88. The average Bonchev–Trinajstić information content (AvgIpc) is 2.76. The van der Waals surface area contributed by atoms with Gasteiger partial charge in [0.15, 0.2) is 0 Å². The summed E-state index contributed by atoms with van der Waals surface area (Å²) in [5, 5.41) is 4.41. The molecule has 0 atom stereocenters. The Labute approximate surface area is 152 Å². The zero-order valence-corrected chi connectivity index (χ0v) is 16.2. The predicted molar refractivity (Wildman–Crippen MR) is 102 cm³/mol. The number of esters is 1. The first-order chi connectivity index (χ1) is 12.0. The van der Waals surface area contributed by atoms with Crippen LogP contribution in [0, 0.1) is 19.8 Å². The molecular formula is C18H26N4O2S. The highest BCUT2D eigenvalue weighted by atomic mass is 32.1. The second-order valence-corrected chi connectivity index (χ2v) is 7.91. The van der Waals surface area contributed by atoms with Crippen LogP contribution in [-0.4, -0.2) is 48.7 Å². The van der Waals surface area contributed by atoms with Gasteiger partial charge in [-0.05, 0) is 38.3 Å². The lowest BCUT2D eigenvalue weighted by atomic mass is 10.2. The maximum absolute atomic E-state index is 12.5. The lowest BCUT2D eigenvalue weighted by Gasteiger charge is -2.22. The molecule has 0 bridgehead atoms. The normalized spacial score (nSPS) is 15.6. The van der Waals surface area contributed by atoms with Crippen molar-refractivity contribution >= 4 is 33.3 Å². The maximum atomic E-state index is 12.5. The Bertz CT molecular complexity index is 764. The topological polar surface area (TPSA) is 67.4 Å². The number of hydrogen-bond acceptors (Lipinski definition) is 7. The van der Waals surface area contributed by atoms with Crippen molar-refractivity contribution in [2.75, 3.05) is 37.7 Å². The van der Waals surface area contributed by atoms with Gasteiger partial charge in [-0.1, -0.05) is 13.8 Å². The van der Waals surface area contributed by atoms with E-state index in [1.54, 1.807) is 0 Å². The molecule has 1 fully saturated rings. The fourth-order valence-corrected chi connectivity index (χ4v) is 4.13. The molecule has 1 saturated heterocycles. The molecule has 6 nitrogen and oxygen atoms in total. The standard InChI is InChI=1S/C18H26N4O2S/c1-11(2)10-24-18(23)15-12(3)14-16(20-13(4)21-17(14)25-15)22-8-5-6-19-7-9-22/h11,19H,5-10H2,1-4H3. The Morgan fingerprint density at radius 1 is 1.28 bits per heavy atom. The van der Waals surface area contributed by atoms with E-state index in [4.69, 9.17) is 9.72 Å². The fourth-order valence-electron chi connectivity index (χ4n) is 3.01. The van der Waals surface area contributed by atoms with Crippen LogP contribution in [0.1, 0.15) is 41.3 Å². The highest BCUT2D eigenvalue weighted by Gasteiger charge is 2.24. The minimum Gasteiger partial charge on any atom is -0.461 e. The van der Waals surface area contributed by atoms with Gasteiger partial charge in [0.25, 0.3) is 0 Å². The van der Waals surface area contributed by atoms with Gasteiger partial charge in [-0.25, -0.2) is 14.8 Å². The van der Waals surface area contributed by atoms with Crippen molar-refractivity contribution in [2.24, 2.45) is 5.92 Å². The Morgan fingerprint density at radius 2 is 2.08 bits per heavy atom. The van der Waals surface area contributed by atoms with E-state index in [9.17, 15) is 4.79 Å². The van der Waals surface area contributed by atoms with Gasteiger partial charge in [0.1, 0.15) is 21.3 Å². The zero-order chi connectivity index (χ0) is 18.0. The minimum atomic E-state index is -0.254. The Balaban J connectivity index is 2.01. The molecule has 136 valence electrons. The highest BCUT2D eigenvalue weighted by molar-refractivity contribution is 7.20. The van der Waals surface area contributed by atoms with Gasteiger partial charge in [-0.2, -0.15) is 0 Å². The molecule has 7 heteroatoms. The van der Waals surface area contributed by atoms with Crippen LogP contribution in [0.3, 0.4) is 0 Å². The smallest absolute Gasteiger partial charge is 0.348 e. The van der Waals surface area contributed by atoms with Crippen molar-refractivity contribution < 1.29 is 9.53 Å². The molecule has 3 rings (SSSR count). The van der Waals surface area contributed by atoms with Crippen LogP contribution in [0.2, 0.25) is 0 Å². The summed E-state index contributed by atoms with van der Waals surface area (Å²) in [5.74, 6) is 1.75. The van der Waals surface area contributed by atoms with Crippen molar-refractivity contribution in [3.05, 3.63) is 16.3 Å². The van der Waals surface area contributed by atoms with E-state index in [-0.39, 0.29) is 5.97 Å². The summed E-state index contributed by atoms with van der Waals surface area (Å²) in [6.45, 7) is 12.2. The second kappa shape index (κ2) is 7.66. The van der Waals surface area contributed by atoms with Gasteiger partial charge in [-0.3, -0.25) is 0 Å². The van der Waals surface area contributed by atoms with Crippen LogP contribution >= 0.6 is 11.3 Å². The summed E-state index contributed by atoms with van der Waals surface area (Å²) < 4.78 is 5.44. The first-order valence-corrected chi connectivity index (χ1v) is 9.69. The van der Waals surface area contributed by atoms with Gasteiger partial charge >= 0.3 is 5.97 Å². The Kier molecular flexibility index (Phi) is 5.54. The molecule has 3 heterocycles. The molecule has 0 aliphatic carbocycles. The summed E-state index contributed by atoms with van der Waals surface area (Å²) in [6, 6.07) is 0. The number of anilines is 1. The molecule has 25 heavy (non-hydrogen) atoms. The predicted octanol–water partition coefficient (Wildman–Crippen LogP) is 2.92. The summed E-state index contributed by atoms with van der Waals surface area (Å²) in [4.78, 5) is 25.6. The Hall–Kier alpha value is -1.73. The molecule has 2 aromatic rings. The van der Waals surface area contributed by atoms with Crippen molar-refractivity contribution in [3.63, 3.8) is 0 Å². The average molecular weight is 362 g/mol. The molecule has 2 aromatic heterocycles. The van der Waals surface area contributed by atoms with Crippen LogP contribution < -0.4 is 10.2 Å². The molecular weight excluding hydrogens is 336 g/mol. The summed E-state index contributed by atoms with van der Waals surface area (Å²) >= 11 is 1.41. The molecule has 0 aromatic carbocycles. The molecule has 0 spiro atoms. The minimum absolute atomic E-state index is 0.254. The molecule has 0 saturated carbocycles. The zero-order valence-electron chi connectivity index (χ0n) is 15.4. The number of fused-ring (bicyclic) bond motifs is 1. The number of nitrogens with one attached hydrogen (secondary N) is 1. The first kappa shape index (κ1) is 18.1. The van der Waals surface area contributed by atoms with E-state index in [2.05, 4.69) is 15.2 Å². The van der Waals surface area contributed by atoms with Crippen molar-refractivity contribution in [3.8, 4) is 0 Å². The quantitative estimate of drug-likeness (QED) is 0.844. The molecule has 1 aliphatic rings. The number of carbonyl (C=O) groups is 1. The van der Waals surface area contributed by atoms with Gasteiger partial charge in [-0.15, -0.1) is 11.3 Å². The van der Waals surface area contributed by atoms with Gasteiger partial charge < -0.3 is 15.0 Å². The number of aromatic nitrogens is 2. The molecule has 0 amide bonds. The molecule has 1 N–H and O–H groups in total. The lowest BCUT2D eigenvalue weighted by molar-refractivity contribution is 0.0464. The third-order valence-corrected chi connectivity index (χ3v) is 5.42. The second-order valence-electron chi connectivity index (χ2n) is 6.91. The molecule has 0 radical (unpaired) electrons. The summed E-state index contributed by atoms with van der Waals surface area (Å²) in [7, 11) is 0. The van der Waals surface area contributed by atoms with E-state index < -0.39 is 0 Å². The van der Waals surface area contributed by atoms with Gasteiger partial charge in [0.05, 0.1) is 12.0 Å². The van der Waals surface area contributed by atoms with Crippen molar-refractivity contribution in [1.29, 1.82) is 0 Å². The van der Waals surface area contributed by atoms with Gasteiger partial charge in [0, 0.05) is 19.6 Å². The Morgan fingerprint density at radius 3 is 2.84 bits per heavy atom. The van der Waals surface area contributed by atoms with E-state index in [1.165, 1.54) is 11.3 Å². The summed E-state index contributed by atoms with van der Waals surface area (Å²) in [6.07, 6.45) is 1.08. The van der Waals surface area contributed by atoms with Crippen LogP contribution in [0.5, 0.6) is 0 Å².